The number of benzene rings is 2. The van der Waals surface area contributed by atoms with Crippen LogP contribution in [0.15, 0.2) is 72.3 Å². The number of halogens is 2. The van der Waals surface area contributed by atoms with Crippen LogP contribution >= 0.6 is 0 Å². The van der Waals surface area contributed by atoms with Gasteiger partial charge in [0.1, 0.15) is 0 Å². The molecule has 0 radical (unpaired) electrons. The maximum absolute atomic E-state index is 2.29. The van der Waals surface area contributed by atoms with Gasteiger partial charge in [-0.15, -0.1) is 0 Å². The molecular weight excluding hydrogens is 390 g/mol. The Morgan fingerprint density at radius 1 is 0.818 bits per heavy atom. The smallest absolute Gasteiger partial charge is 1.00 e. The van der Waals surface area contributed by atoms with Crippen LogP contribution in [-0.4, -0.2) is 0 Å². The summed E-state index contributed by atoms with van der Waals surface area (Å²) in [4.78, 5) is 0. The van der Waals surface area contributed by atoms with Crippen LogP contribution < -0.4 is 24.8 Å². The molecule has 0 bridgehead atoms. The van der Waals surface area contributed by atoms with Gasteiger partial charge in [0.15, 0.2) is 0 Å². The second-order valence-corrected chi connectivity index (χ2v) is 5.39. The first-order chi connectivity index (χ1) is 9.43. The van der Waals surface area contributed by atoms with Gasteiger partial charge < -0.3 is 24.8 Å². The van der Waals surface area contributed by atoms with Gasteiger partial charge in [-0.1, -0.05) is 72.3 Å². The molecule has 4 rings (SSSR count). The average Bonchev–Trinajstić information content (AvgIpc) is 3.08. The van der Waals surface area contributed by atoms with Crippen LogP contribution in [0.4, 0.5) is 0 Å². The van der Waals surface area contributed by atoms with E-state index in [0.29, 0.717) is 5.92 Å². The Bertz CT molecular complexity index is 659. The first-order valence-electron chi connectivity index (χ1n) is 6.96. The van der Waals surface area contributed by atoms with Crippen LogP contribution in [0, 0.1) is 0 Å². The molecule has 0 amide bonds. The summed E-state index contributed by atoms with van der Waals surface area (Å²) in [5, 5.41) is 0. The first kappa shape index (κ1) is 19.4. The third-order valence-corrected chi connectivity index (χ3v) is 4.28. The fourth-order valence-corrected chi connectivity index (χ4v) is 3.38. The van der Waals surface area contributed by atoms with Crippen LogP contribution in [0.1, 0.15) is 29.9 Å². The van der Waals surface area contributed by atoms with E-state index in [1.807, 2.05) is 0 Å². The van der Waals surface area contributed by atoms with Crippen molar-refractivity contribution in [3.63, 3.8) is 0 Å². The van der Waals surface area contributed by atoms with Crippen LogP contribution in [0.5, 0.6) is 0 Å². The largest absolute Gasteiger partial charge is 2.00 e. The normalized spacial score (nSPS) is 14.1. The number of allylic oxidation sites excluding steroid dienone is 4. The van der Waals surface area contributed by atoms with Gasteiger partial charge >= 0.3 is 26.2 Å². The molecule has 0 nitrogen and oxygen atoms in total. The number of hydrogen-bond acceptors (Lipinski definition) is 0. The van der Waals surface area contributed by atoms with Crippen LogP contribution in [0.2, 0.25) is 0 Å². The second-order valence-electron chi connectivity index (χ2n) is 5.39. The Kier molecular flexibility index (Phi) is 7.33. The van der Waals surface area contributed by atoms with E-state index in [1.165, 1.54) is 22.3 Å². The minimum Gasteiger partial charge on any atom is -1.00 e. The number of hydrogen-bond donors (Lipinski definition) is 0. The van der Waals surface area contributed by atoms with Gasteiger partial charge in [-0.25, -0.2) is 0 Å². The topological polar surface area (TPSA) is 0 Å². The van der Waals surface area contributed by atoms with Crippen molar-refractivity contribution in [2.45, 2.75) is 18.8 Å². The molecule has 0 heterocycles. The van der Waals surface area contributed by atoms with Crippen molar-refractivity contribution >= 4 is 0 Å². The fourth-order valence-electron chi connectivity index (χ4n) is 3.38. The fraction of sp³-hybridized carbons (Fsp3) is 0.158. The standard InChI is InChI=1S/C19H16.2ClH.Zr/c1-2-8-14(7-1)13-19-17-11-5-3-9-15(17)16-10-4-6-12-18(16)19;;;/h1-7,9-12,19H,8,13H2;2*1H;/q;;;+2/p-2. The second kappa shape index (κ2) is 8.30. The summed E-state index contributed by atoms with van der Waals surface area (Å²) in [6.45, 7) is 0. The minimum atomic E-state index is 0. The van der Waals surface area contributed by atoms with Crippen molar-refractivity contribution in [3.05, 3.63) is 83.5 Å². The summed E-state index contributed by atoms with van der Waals surface area (Å²) in [5.41, 5.74) is 7.40. The van der Waals surface area contributed by atoms with E-state index in [2.05, 4.69) is 66.8 Å². The van der Waals surface area contributed by atoms with E-state index < -0.39 is 0 Å². The van der Waals surface area contributed by atoms with Crippen molar-refractivity contribution < 1.29 is 51.0 Å². The predicted molar refractivity (Wildman–Crippen MR) is 80.2 cm³/mol. The molecule has 0 saturated heterocycles. The van der Waals surface area contributed by atoms with Crippen molar-refractivity contribution in [3.8, 4) is 11.1 Å². The Morgan fingerprint density at radius 3 is 1.86 bits per heavy atom. The van der Waals surface area contributed by atoms with Crippen molar-refractivity contribution in [2.75, 3.05) is 0 Å². The molecule has 3 heteroatoms. The van der Waals surface area contributed by atoms with Crippen LogP contribution in [0.3, 0.4) is 0 Å². The molecule has 0 saturated carbocycles. The van der Waals surface area contributed by atoms with Crippen LogP contribution in [-0.2, 0) is 26.2 Å². The zero-order chi connectivity index (χ0) is 12.7. The summed E-state index contributed by atoms with van der Waals surface area (Å²) in [6.07, 6.45) is 9.00. The van der Waals surface area contributed by atoms with Gasteiger partial charge in [-0.2, -0.15) is 0 Å². The molecule has 0 N–H and O–H groups in total. The zero-order valence-corrected chi connectivity index (χ0v) is 16.1. The van der Waals surface area contributed by atoms with Gasteiger partial charge in [0, 0.05) is 5.92 Å². The van der Waals surface area contributed by atoms with E-state index in [-0.39, 0.29) is 51.0 Å². The number of fused-ring (bicyclic) bond motifs is 3. The van der Waals surface area contributed by atoms with E-state index in [0.717, 1.165) is 12.8 Å². The monoisotopic (exact) mass is 404 g/mol. The average molecular weight is 406 g/mol. The summed E-state index contributed by atoms with van der Waals surface area (Å²) < 4.78 is 0. The molecule has 0 spiro atoms. The Balaban J connectivity index is 0.000000807. The van der Waals surface area contributed by atoms with Gasteiger partial charge in [-0.3, -0.25) is 0 Å². The Hall–Kier alpha value is -0.617. The quantitative estimate of drug-likeness (QED) is 0.606. The molecule has 0 aromatic heterocycles. The van der Waals surface area contributed by atoms with E-state index in [1.54, 1.807) is 5.57 Å². The number of rotatable bonds is 2. The minimum absolute atomic E-state index is 0. The molecule has 22 heavy (non-hydrogen) atoms. The SMILES string of the molecule is C1=CCC(CC2c3ccccc3-c3ccccc32)=C1.[Cl-].[Cl-].[Zr+2]. The molecule has 2 aromatic carbocycles. The van der Waals surface area contributed by atoms with Gasteiger partial charge in [0.05, 0.1) is 0 Å². The molecule has 2 aromatic rings. The summed E-state index contributed by atoms with van der Waals surface area (Å²) in [5.74, 6) is 0.540. The zero-order valence-electron chi connectivity index (χ0n) is 12.1. The van der Waals surface area contributed by atoms with Crippen molar-refractivity contribution in [2.24, 2.45) is 0 Å². The maximum Gasteiger partial charge on any atom is 2.00 e. The molecule has 0 atom stereocenters. The third-order valence-electron chi connectivity index (χ3n) is 4.28. The molecule has 110 valence electrons. The van der Waals surface area contributed by atoms with E-state index in [4.69, 9.17) is 0 Å². The third kappa shape index (κ3) is 3.33. The molecule has 0 aliphatic heterocycles. The summed E-state index contributed by atoms with van der Waals surface area (Å²) in [6, 6.07) is 17.7. The summed E-state index contributed by atoms with van der Waals surface area (Å²) in [7, 11) is 0. The molecule has 2 aliphatic rings. The van der Waals surface area contributed by atoms with Crippen LogP contribution in [0.25, 0.3) is 11.1 Å². The first-order valence-corrected chi connectivity index (χ1v) is 6.96. The van der Waals surface area contributed by atoms with Gasteiger partial charge in [-0.05, 0) is 35.1 Å². The molecule has 0 fully saturated rings. The van der Waals surface area contributed by atoms with E-state index >= 15 is 0 Å². The molecule has 2 aliphatic carbocycles. The summed E-state index contributed by atoms with van der Waals surface area (Å²) >= 11 is 0. The molecule has 0 unspecified atom stereocenters. The van der Waals surface area contributed by atoms with Gasteiger partial charge in [0.25, 0.3) is 0 Å². The van der Waals surface area contributed by atoms with Gasteiger partial charge in [0.2, 0.25) is 0 Å². The maximum atomic E-state index is 2.29. The van der Waals surface area contributed by atoms with Crippen molar-refractivity contribution in [1.29, 1.82) is 0 Å². The Morgan fingerprint density at radius 2 is 1.36 bits per heavy atom. The Labute approximate surface area is 163 Å². The van der Waals surface area contributed by atoms with Crippen molar-refractivity contribution in [1.82, 2.24) is 0 Å². The predicted octanol–water partition coefficient (Wildman–Crippen LogP) is -0.919. The van der Waals surface area contributed by atoms with E-state index in [9.17, 15) is 0 Å². The molecular formula is C19H16Cl2Zr.